The second kappa shape index (κ2) is 12.1. The van der Waals surface area contributed by atoms with E-state index in [1.54, 1.807) is 35.2 Å². The van der Waals surface area contributed by atoms with Gasteiger partial charge in [0, 0.05) is 32.0 Å². The molecule has 2 aliphatic rings. The topological polar surface area (TPSA) is 126 Å². The average Bonchev–Trinajstić information content (AvgIpc) is 2.90. The highest BCUT2D eigenvalue weighted by Crippen LogP contribution is 2.31. The fourth-order valence-corrected chi connectivity index (χ4v) is 6.22. The number of piperidine rings is 2. The SMILES string of the molecule is COC(=O)c1cc(Cl)c(N2CCC(C(=O)NS(=O)(=O)Cc3ccccc3)CC2)nc1CN1CCCCC1=O. The molecule has 2 saturated heterocycles. The molecule has 1 aromatic carbocycles. The number of ether oxygens (including phenoxy) is 1. The highest BCUT2D eigenvalue weighted by atomic mass is 35.5. The van der Waals surface area contributed by atoms with Gasteiger partial charge in [-0.25, -0.2) is 18.2 Å². The lowest BCUT2D eigenvalue weighted by Gasteiger charge is -2.33. The van der Waals surface area contributed by atoms with Crippen molar-refractivity contribution in [2.45, 2.75) is 44.4 Å². The lowest BCUT2D eigenvalue weighted by atomic mass is 9.96. The largest absolute Gasteiger partial charge is 0.465 e. The third-order valence-corrected chi connectivity index (χ3v) is 8.33. The number of nitrogens with zero attached hydrogens (tertiary/aromatic N) is 3. The molecule has 10 nitrogen and oxygen atoms in total. The summed E-state index contributed by atoms with van der Waals surface area (Å²) in [5, 5.41) is 0.257. The number of hydrogen-bond acceptors (Lipinski definition) is 8. The van der Waals surface area contributed by atoms with Gasteiger partial charge in [-0.2, -0.15) is 0 Å². The molecule has 0 atom stereocenters. The van der Waals surface area contributed by atoms with Gasteiger partial charge in [0.15, 0.2) is 0 Å². The van der Waals surface area contributed by atoms with Gasteiger partial charge in [-0.15, -0.1) is 0 Å². The van der Waals surface area contributed by atoms with Crippen molar-refractivity contribution >= 4 is 45.2 Å². The quantitative estimate of drug-likeness (QED) is 0.487. The first-order valence-electron chi connectivity index (χ1n) is 12.6. The molecule has 0 aliphatic carbocycles. The van der Waals surface area contributed by atoms with E-state index in [2.05, 4.69) is 9.71 Å². The summed E-state index contributed by atoms with van der Waals surface area (Å²) in [6.07, 6.45) is 3.00. The predicted molar refractivity (Wildman–Crippen MR) is 142 cm³/mol. The molecule has 1 N–H and O–H groups in total. The number of methoxy groups -OCH3 is 1. The van der Waals surface area contributed by atoms with Crippen LogP contribution in [0, 0.1) is 5.92 Å². The minimum absolute atomic E-state index is 0.0133. The highest BCUT2D eigenvalue weighted by Gasteiger charge is 2.30. The minimum atomic E-state index is -3.82. The number of rotatable bonds is 8. The Morgan fingerprint density at radius 2 is 1.84 bits per heavy atom. The fraction of sp³-hybridized carbons (Fsp3) is 0.462. The molecule has 1 aromatic heterocycles. The maximum absolute atomic E-state index is 12.7. The first-order chi connectivity index (χ1) is 18.2. The zero-order valence-electron chi connectivity index (χ0n) is 21.2. The van der Waals surface area contributed by atoms with Gasteiger partial charge in [0.1, 0.15) is 5.82 Å². The second-order valence-electron chi connectivity index (χ2n) is 9.52. The van der Waals surface area contributed by atoms with E-state index in [4.69, 9.17) is 16.3 Å². The molecular weight excluding hydrogens is 532 g/mol. The molecule has 4 rings (SSSR count). The normalized spacial score (nSPS) is 16.8. The molecule has 12 heteroatoms. The number of hydrogen-bond donors (Lipinski definition) is 1. The van der Waals surface area contributed by atoms with Crippen LogP contribution in [0.15, 0.2) is 36.4 Å². The third kappa shape index (κ3) is 6.82. The van der Waals surface area contributed by atoms with Crippen molar-refractivity contribution in [1.29, 1.82) is 0 Å². The summed E-state index contributed by atoms with van der Waals surface area (Å²) in [7, 11) is -2.54. The summed E-state index contributed by atoms with van der Waals surface area (Å²) >= 11 is 6.52. The van der Waals surface area contributed by atoms with Crippen LogP contribution in [0.3, 0.4) is 0 Å². The van der Waals surface area contributed by atoms with E-state index in [9.17, 15) is 22.8 Å². The Balaban J connectivity index is 1.44. The Bertz CT molecular complexity index is 1300. The number of amides is 2. The summed E-state index contributed by atoms with van der Waals surface area (Å²) in [6.45, 7) is 1.60. The molecule has 38 heavy (non-hydrogen) atoms. The summed E-state index contributed by atoms with van der Waals surface area (Å²) in [6, 6.07) is 10.2. The van der Waals surface area contributed by atoms with E-state index in [1.807, 2.05) is 4.90 Å². The van der Waals surface area contributed by atoms with Crippen molar-refractivity contribution in [2.75, 3.05) is 31.6 Å². The van der Waals surface area contributed by atoms with Crippen molar-refractivity contribution in [3.63, 3.8) is 0 Å². The van der Waals surface area contributed by atoms with Gasteiger partial charge in [0.25, 0.3) is 0 Å². The number of sulfonamides is 1. The second-order valence-corrected chi connectivity index (χ2v) is 11.7. The maximum atomic E-state index is 12.7. The molecule has 0 unspecified atom stereocenters. The van der Waals surface area contributed by atoms with Crippen molar-refractivity contribution in [3.8, 4) is 0 Å². The number of nitrogens with one attached hydrogen (secondary N) is 1. The van der Waals surface area contributed by atoms with Gasteiger partial charge in [0.05, 0.1) is 35.7 Å². The van der Waals surface area contributed by atoms with Crippen LogP contribution in [0.1, 0.15) is 53.7 Å². The minimum Gasteiger partial charge on any atom is -0.465 e. The lowest BCUT2D eigenvalue weighted by Crippen LogP contribution is -2.43. The number of carbonyl (C=O) groups excluding carboxylic acids is 3. The fourth-order valence-electron chi connectivity index (χ4n) is 4.77. The molecule has 2 amide bonds. The van der Waals surface area contributed by atoms with E-state index < -0.39 is 27.8 Å². The Labute approximate surface area is 227 Å². The zero-order chi connectivity index (χ0) is 27.3. The van der Waals surface area contributed by atoms with Crippen molar-refractivity contribution in [3.05, 3.63) is 58.2 Å². The van der Waals surface area contributed by atoms with Crippen LogP contribution in [0.5, 0.6) is 0 Å². The molecule has 3 heterocycles. The van der Waals surface area contributed by atoms with Gasteiger partial charge < -0.3 is 14.5 Å². The van der Waals surface area contributed by atoms with Crippen LogP contribution in [0.4, 0.5) is 5.82 Å². The number of anilines is 1. The number of aromatic nitrogens is 1. The Hall–Kier alpha value is -3.18. The monoisotopic (exact) mass is 562 g/mol. The van der Waals surface area contributed by atoms with E-state index in [1.165, 1.54) is 13.2 Å². The van der Waals surface area contributed by atoms with Gasteiger partial charge in [0.2, 0.25) is 21.8 Å². The van der Waals surface area contributed by atoms with Crippen molar-refractivity contribution in [1.82, 2.24) is 14.6 Å². The molecule has 0 saturated carbocycles. The Morgan fingerprint density at radius 3 is 2.50 bits per heavy atom. The lowest BCUT2D eigenvalue weighted by molar-refractivity contribution is -0.134. The summed E-state index contributed by atoms with van der Waals surface area (Å²) in [5.74, 6) is -1.39. The van der Waals surface area contributed by atoms with E-state index >= 15 is 0 Å². The van der Waals surface area contributed by atoms with Gasteiger partial charge in [-0.3, -0.25) is 14.3 Å². The van der Waals surface area contributed by atoms with Crippen LogP contribution < -0.4 is 9.62 Å². The standard InChI is InChI=1S/C26H31ClN4O6S/c1-37-26(34)20-15-21(27)24(28-22(20)16-31-12-6-5-9-23(31)32)30-13-10-19(11-14-30)25(33)29-38(35,36)17-18-7-3-2-4-8-18/h2-4,7-8,15,19H,5-6,9-14,16-17H2,1H3,(H,29,33). The Kier molecular flexibility index (Phi) is 8.88. The molecule has 0 radical (unpaired) electrons. The number of halogens is 1. The molecule has 0 bridgehead atoms. The molecular formula is C26H31ClN4O6S. The number of pyridine rings is 1. The first-order valence-corrected chi connectivity index (χ1v) is 14.6. The van der Waals surface area contributed by atoms with Crippen LogP contribution in [0.2, 0.25) is 5.02 Å². The maximum Gasteiger partial charge on any atom is 0.339 e. The number of esters is 1. The first kappa shape index (κ1) is 27.8. The zero-order valence-corrected chi connectivity index (χ0v) is 22.8. The van der Waals surface area contributed by atoms with Gasteiger partial charge in [-0.05, 0) is 37.3 Å². The average molecular weight is 563 g/mol. The van der Waals surface area contributed by atoms with Crippen LogP contribution in [0.25, 0.3) is 0 Å². The summed E-state index contributed by atoms with van der Waals surface area (Å²) in [5.41, 5.74) is 1.21. The number of carbonyl (C=O) groups is 3. The van der Waals surface area contributed by atoms with Crippen LogP contribution >= 0.6 is 11.6 Å². The number of benzene rings is 1. The summed E-state index contributed by atoms with van der Waals surface area (Å²) in [4.78, 5) is 45.8. The molecule has 2 aromatic rings. The highest BCUT2D eigenvalue weighted by molar-refractivity contribution is 7.89. The van der Waals surface area contributed by atoms with Gasteiger partial charge in [-0.1, -0.05) is 41.9 Å². The van der Waals surface area contributed by atoms with Crippen molar-refractivity contribution < 1.29 is 27.5 Å². The predicted octanol–water partition coefficient (Wildman–Crippen LogP) is 2.90. The van der Waals surface area contributed by atoms with Crippen molar-refractivity contribution in [2.24, 2.45) is 5.92 Å². The molecule has 2 fully saturated rings. The van der Waals surface area contributed by atoms with E-state index in [-0.39, 0.29) is 28.8 Å². The van der Waals surface area contributed by atoms with Crippen LogP contribution in [-0.2, 0) is 36.6 Å². The molecule has 0 spiro atoms. The molecule has 204 valence electrons. The number of likely N-dealkylation sites (tertiary alicyclic amines) is 1. The summed E-state index contributed by atoms with van der Waals surface area (Å²) < 4.78 is 32.1. The van der Waals surface area contributed by atoms with Gasteiger partial charge >= 0.3 is 5.97 Å². The molecule has 2 aliphatic heterocycles. The third-order valence-electron chi connectivity index (χ3n) is 6.82. The van der Waals surface area contributed by atoms with Crippen LogP contribution in [-0.4, -0.2) is 62.8 Å². The Morgan fingerprint density at radius 1 is 1.13 bits per heavy atom. The van der Waals surface area contributed by atoms with E-state index in [0.717, 1.165) is 12.8 Å². The van der Waals surface area contributed by atoms with E-state index in [0.29, 0.717) is 56.0 Å². The smallest absolute Gasteiger partial charge is 0.339 e.